The summed E-state index contributed by atoms with van der Waals surface area (Å²) in [4.78, 5) is 26.1. The molecule has 0 radical (unpaired) electrons. The Morgan fingerprint density at radius 1 is 1.10 bits per heavy atom. The van der Waals surface area contributed by atoms with Crippen LogP contribution in [0.2, 0.25) is 0 Å². The molecule has 0 saturated heterocycles. The summed E-state index contributed by atoms with van der Waals surface area (Å²) in [5, 5.41) is 2.81. The van der Waals surface area contributed by atoms with Crippen LogP contribution in [0, 0.1) is 12.3 Å². The summed E-state index contributed by atoms with van der Waals surface area (Å²) in [6, 6.07) is 12.9. The number of likely N-dealkylation sites (N-methyl/N-ethyl adjacent to an activating group) is 1. The Morgan fingerprint density at radius 3 is 2.38 bits per heavy atom. The lowest BCUT2D eigenvalue weighted by Gasteiger charge is -2.18. The quantitative estimate of drug-likeness (QED) is 0.646. The van der Waals surface area contributed by atoms with Crippen molar-refractivity contribution in [3.05, 3.63) is 59.7 Å². The molecule has 0 aromatic heterocycles. The average Bonchev–Trinajstić information content (AvgIpc) is 2.72. The molecule has 0 aliphatic rings. The number of benzene rings is 2. The zero-order chi connectivity index (χ0) is 21.4. The minimum atomic E-state index is -3.73. The Morgan fingerprint density at radius 2 is 1.76 bits per heavy atom. The molecular formula is C21H23N3O4S. The molecule has 2 N–H and O–H groups in total. The van der Waals surface area contributed by atoms with Gasteiger partial charge < -0.3 is 10.2 Å². The van der Waals surface area contributed by atoms with E-state index in [1.165, 1.54) is 36.2 Å². The van der Waals surface area contributed by atoms with E-state index >= 15 is 0 Å². The zero-order valence-electron chi connectivity index (χ0n) is 16.3. The molecule has 8 heteroatoms. The Balaban J connectivity index is 2.02. The molecular weight excluding hydrogens is 390 g/mol. The summed E-state index contributed by atoms with van der Waals surface area (Å²) in [7, 11) is -2.22. The van der Waals surface area contributed by atoms with E-state index in [4.69, 9.17) is 6.42 Å². The van der Waals surface area contributed by atoms with Gasteiger partial charge in [-0.2, -0.15) is 4.72 Å². The smallest absolute Gasteiger partial charge is 0.254 e. The molecule has 0 atom stereocenters. The monoisotopic (exact) mass is 413 g/mol. The largest absolute Gasteiger partial charge is 0.332 e. The van der Waals surface area contributed by atoms with Gasteiger partial charge in [0.25, 0.3) is 5.91 Å². The minimum absolute atomic E-state index is 0.000804. The van der Waals surface area contributed by atoms with Crippen molar-refractivity contribution in [1.82, 2.24) is 9.62 Å². The number of amides is 2. The molecule has 0 aliphatic heterocycles. The minimum Gasteiger partial charge on any atom is -0.332 e. The van der Waals surface area contributed by atoms with Crippen LogP contribution in [0.1, 0.15) is 22.8 Å². The molecule has 29 heavy (non-hydrogen) atoms. The Hall–Kier alpha value is -3.15. The average molecular weight is 413 g/mol. The van der Waals surface area contributed by atoms with Gasteiger partial charge >= 0.3 is 0 Å². The van der Waals surface area contributed by atoms with Crippen LogP contribution in [0.4, 0.5) is 5.69 Å². The lowest BCUT2D eigenvalue weighted by molar-refractivity contribution is -0.116. The number of para-hydroxylation sites is 1. The van der Waals surface area contributed by atoms with E-state index in [2.05, 4.69) is 16.0 Å². The van der Waals surface area contributed by atoms with E-state index in [-0.39, 0.29) is 29.5 Å². The van der Waals surface area contributed by atoms with E-state index in [1.54, 1.807) is 0 Å². The van der Waals surface area contributed by atoms with Crippen LogP contribution in [0.3, 0.4) is 0 Å². The number of sulfonamides is 1. The first-order valence-corrected chi connectivity index (χ1v) is 10.4. The Bertz CT molecular complexity index is 1020. The highest BCUT2D eigenvalue weighted by atomic mass is 32.2. The van der Waals surface area contributed by atoms with Crippen LogP contribution in [-0.2, 0) is 21.2 Å². The van der Waals surface area contributed by atoms with E-state index in [0.29, 0.717) is 0 Å². The third kappa shape index (κ3) is 5.91. The number of hydrogen-bond acceptors (Lipinski definition) is 4. The van der Waals surface area contributed by atoms with Crippen molar-refractivity contribution in [3.63, 3.8) is 0 Å². The summed E-state index contributed by atoms with van der Waals surface area (Å²) in [6.45, 7) is 1.73. The summed E-state index contributed by atoms with van der Waals surface area (Å²) < 4.78 is 26.3. The van der Waals surface area contributed by atoms with Gasteiger partial charge in [-0.1, -0.05) is 31.0 Å². The van der Waals surface area contributed by atoms with Gasteiger partial charge in [0.1, 0.15) is 0 Å². The molecule has 0 heterocycles. The SMILES string of the molecule is C#CCNS(=O)(=O)c1ccc(C(=O)N(C)CC(=O)Nc2ccccc2CC)cc1. The van der Waals surface area contributed by atoms with Crippen molar-refractivity contribution in [2.75, 3.05) is 25.5 Å². The van der Waals surface area contributed by atoms with Gasteiger partial charge in [0, 0.05) is 18.3 Å². The van der Waals surface area contributed by atoms with Crippen molar-refractivity contribution in [2.24, 2.45) is 0 Å². The number of carbonyl (C=O) groups excluding carboxylic acids is 2. The lowest BCUT2D eigenvalue weighted by atomic mass is 10.1. The fourth-order valence-corrected chi connectivity index (χ4v) is 3.58. The number of nitrogens with one attached hydrogen (secondary N) is 2. The molecule has 2 amide bonds. The fourth-order valence-electron chi connectivity index (χ4n) is 2.64. The van der Waals surface area contributed by atoms with Gasteiger partial charge in [0.2, 0.25) is 15.9 Å². The maximum Gasteiger partial charge on any atom is 0.254 e. The first kappa shape index (κ1) is 22.1. The highest BCUT2D eigenvalue weighted by Crippen LogP contribution is 2.16. The molecule has 2 aromatic carbocycles. The molecule has 2 rings (SSSR count). The van der Waals surface area contributed by atoms with Gasteiger partial charge in [-0.3, -0.25) is 9.59 Å². The highest BCUT2D eigenvalue weighted by molar-refractivity contribution is 7.89. The number of nitrogens with zero attached hydrogens (tertiary/aromatic N) is 1. The molecule has 2 aromatic rings. The molecule has 0 spiro atoms. The first-order valence-electron chi connectivity index (χ1n) is 8.95. The van der Waals surface area contributed by atoms with Gasteiger partial charge in [0.15, 0.2) is 0 Å². The predicted octanol–water partition coefficient (Wildman–Crippen LogP) is 1.87. The van der Waals surface area contributed by atoms with Gasteiger partial charge in [-0.05, 0) is 42.3 Å². The number of hydrogen-bond donors (Lipinski definition) is 2. The van der Waals surface area contributed by atoms with Crippen LogP contribution in [0.15, 0.2) is 53.4 Å². The number of rotatable bonds is 8. The van der Waals surface area contributed by atoms with E-state index in [1.807, 2.05) is 31.2 Å². The molecule has 7 nitrogen and oxygen atoms in total. The molecule has 0 fully saturated rings. The molecule has 0 aliphatic carbocycles. The van der Waals surface area contributed by atoms with E-state index in [0.717, 1.165) is 17.7 Å². The van der Waals surface area contributed by atoms with Crippen LogP contribution >= 0.6 is 0 Å². The first-order chi connectivity index (χ1) is 13.8. The third-order valence-electron chi connectivity index (χ3n) is 4.18. The number of terminal acetylenes is 1. The summed E-state index contributed by atoms with van der Waals surface area (Å²) in [5.74, 6) is 1.47. The molecule has 0 saturated carbocycles. The fraction of sp³-hybridized carbons (Fsp3) is 0.238. The second kappa shape index (κ2) is 9.87. The second-order valence-corrected chi connectivity index (χ2v) is 8.04. The number of aryl methyl sites for hydroxylation is 1. The van der Waals surface area contributed by atoms with Gasteiger partial charge in [-0.25, -0.2) is 8.42 Å². The van der Waals surface area contributed by atoms with Crippen LogP contribution < -0.4 is 10.0 Å². The van der Waals surface area contributed by atoms with Gasteiger partial charge in [0.05, 0.1) is 18.0 Å². The second-order valence-electron chi connectivity index (χ2n) is 6.27. The standard InChI is InChI=1S/C21H23N3O4S/c1-4-14-22-29(27,28)18-12-10-17(11-13-18)21(26)24(3)15-20(25)23-19-9-7-6-8-16(19)5-2/h1,6-13,22H,5,14-15H2,2-3H3,(H,23,25). The lowest BCUT2D eigenvalue weighted by Crippen LogP contribution is -2.35. The Labute approximate surface area is 171 Å². The van der Waals surface area contributed by atoms with Gasteiger partial charge in [-0.15, -0.1) is 6.42 Å². The maximum absolute atomic E-state index is 12.5. The van der Waals surface area contributed by atoms with E-state index in [9.17, 15) is 18.0 Å². The Kier molecular flexibility index (Phi) is 7.53. The number of carbonyl (C=O) groups is 2. The topological polar surface area (TPSA) is 95.6 Å². The van der Waals surface area contributed by atoms with Crippen LogP contribution in [0.5, 0.6) is 0 Å². The molecule has 0 bridgehead atoms. The summed E-state index contributed by atoms with van der Waals surface area (Å²) in [6.07, 6.45) is 5.83. The number of anilines is 1. The van der Waals surface area contributed by atoms with Crippen LogP contribution in [0.25, 0.3) is 0 Å². The maximum atomic E-state index is 12.5. The van der Waals surface area contributed by atoms with Crippen molar-refractivity contribution < 1.29 is 18.0 Å². The highest BCUT2D eigenvalue weighted by Gasteiger charge is 2.18. The normalized spacial score (nSPS) is 10.8. The van der Waals surface area contributed by atoms with Crippen molar-refractivity contribution in [2.45, 2.75) is 18.2 Å². The van der Waals surface area contributed by atoms with Crippen molar-refractivity contribution >= 4 is 27.5 Å². The predicted molar refractivity (Wildman–Crippen MR) is 112 cm³/mol. The zero-order valence-corrected chi connectivity index (χ0v) is 17.1. The molecule has 0 unspecified atom stereocenters. The van der Waals surface area contributed by atoms with Crippen molar-refractivity contribution in [1.29, 1.82) is 0 Å². The van der Waals surface area contributed by atoms with Crippen LogP contribution in [-0.4, -0.2) is 45.3 Å². The summed E-state index contributed by atoms with van der Waals surface area (Å²) in [5.41, 5.74) is 1.99. The molecule has 152 valence electrons. The third-order valence-corrected chi connectivity index (χ3v) is 5.59. The van der Waals surface area contributed by atoms with Crippen molar-refractivity contribution in [3.8, 4) is 12.3 Å². The van der Waals surface area contributed by atoms with E-state index < -0.39 is 15.9 Å². The summed E-state index contributed by atoms with van der Waals surface area (Å²) >= 11 is 0.